The molecule has 0 radical (unpaired) electrons. The Labute approximate surface area is 241 Å². The van der Waals surface area contributed by atoms with Crippen LogP contribution in [0.3, 0.4) is 0 Å². The highest BCUT2D eigenvalue weighted by atomic mass is 16.2. The van der Waals surface area contributed by atoms with Crippen LogP contribution in [0.25, 0.3) is 22.5 Å². The monoisotopic (exact) mass is 555 g/mol. The van der Waals surface area contributed by atoms with Gasteiger partial charge in [-0.1, -0.05) is 107 Å². The zero-order valence-corrected chi connectivity index (χ0v) is 24.1. The number of hydrogen-bond acceptors (Lipinski definition) is 6. The minimum absolute atomic E-state index is 0.168. The van der Waals surface area contributed by atoms with Gasteiger partial charge in [-0.2, -0.15) is 5.21 Å². The second kappa shape index (κ2) is 14.1. The minimum atomic E-state index is -0.321. The van der Waals surface area contributed by atoms with E-state index in [-0.39, 0.29) is 11.6 Å². The van der Waals surface area contributed by atoms with Crippen molar-refractivity contribution in [3.8, 4) is 22.5 Å². The lowest BCUT2D eigenvalue weighted by Gasteiger charge is -2.20. The molecule has 2 aromatic carbocycles. The Balaban J connectivity index is 1.35. The average molecular weight is 556 g/mol. The van der Waals surface area contributed by atoms with E-state index in [1.165, 1.54) is 44.9 Å². The van der Waals surface area contributed by atoms with Crippen molar-refractivity contribution >= 4 is 5.91 Å². The second-order valence-electron chi connectivity index (χ2n) is 11.3. The predicted molar refractivity (Wildman–Crippen MR) is 160 cm³/mol. The number of aromatic nitrogens is 7. The standard InChI is InChI=1S/C32H41N7O2/c1-2-3-4-5-6-10-17-29-35-39(30(40)22-24-13-8-7-9-14-24)32(41)38(29)23-25-18-20-26(21-19-25)27-15-11-12-16-28(27)31-33-36-37-34-31/h11-12,15-16,18-21,24H,2-10,13-14,17,22-23H2,1H3,(H,33,34,36,37). The maximum absolute atomic E-state index is 13.5. The first-order valence-electron chi connectivity index (χ1n) is 15.3. The van der Waals surface area contributed by atoms with E-state index in [4.69, 9.17) is 0 Å². The van der Waals surface area contributed by atoms with E-state index in [1.54, 1.807) is 4.57 Å². The number of benzene rings is 2. The van der Waals surface area contributed by atoms with Gasteiger partial charge in [-0.05, 0) is 47.1 Å². The molecule has 1 aliphatic rings. The van der Waals surface area contributed by atoms with Crippen molar-refractivity contribution in [3.63, 3.8) is 0 Å². The van der Waals surface area contributed by atoms with Crippen LogP contribution in [0.4, 0.5) is 0 Å². The molecule has 216 valence electrons. The Morgan fingerprint density at radius 1 is 0.927 bits per heavy atom. The molecular weight excluding hydrogens is 514 g/mol. The lowest BCUT2D eigenvalue weighted by Crippen LogP contribution is -2.31. The van der Waals surface area contributed by atoms with Gasteiger partial charge in [-0.25, -0.2) is 4.79 Å². The molecule has 1 saturated carbocycles. The largest absolute Gasteiger partial charge is 0.353 e. The summed E-state index contributed by atoms with van der Waals surface area (Å²) in [5.74, 6) is 1.44. The lowest BCUT2D eigenvalue weighted by molar-refractivity contribution is 0.0846. The predicted octanol–water partition coefficient (Wildman–Crippen LogP) is 6.45. The molecule has 0 atom stereocenters. The first kappa shape index (κ1) is 28.6. The molecule has 2 aromatic heterocycles. The van der Waals surface area contributed by atoms with Crippen LogP contribution in [-0.4, -0.2) is 40.9 Å². The number of hydrogen-bond donors (Lipinski definition) is 1. The third kappa shape index (κ3) is 7.26. The molecule has 0 saturated heterocycles. The molecule has 2 heterocycles. The molecule has 0 amide bonds. The van der Waals surface area contributed by atoms with Crippen LogP contribution in [0.15, 0.2) is 53.3 Å². The minimum Gasteiger partial charge on any atom is -0.274 e. The fraction of sp³-hybridized carbons (Fsp3) is 0.500. The highest BCUT2D eigenvalue weighted by Gasteiger charge is 2.23. The number of H-pyrrole nitrogens is 1. The van der Waals surface area contributed by atoms with Gasteiger partial charge in [-0.3, -0.25) is 9.36 Å². The van der Waals surface area contributed by atoms with Crippen molar-refractivity contribution in [1.29, 1.82) is 0 Å². The van der Waals surface area contributed by atoms with Crippen molar-refractivity contribution in [2.45, 2.75) is 96.9 Å². The Bertz CT molecular complexity index is 1450. The summed E-state index contributed by atoms with van der Waals surface area (Å²) in [5, 5.41) is 19.1. The number of unbranched alkanes of at least 4 members (excludes halogenated alkanes) is 5. The Morgan fingerprint density at radius 3 is 2.39 bits per heavy atom. The molecule has 41 heavy (non-hydrogen) atoms. The smallest absolute Gasteiger partial charge is 0.274 e. The summed E-state index contributed by atoms with van der Waals surface area (Å²) in [7, 11) is 0. The zero-order chi connectivity index (χ0) is 28.4. The SMILES string of the molecule is CCCCCCCCc1nn(C(=O)CC2CCCCC2)c(=O)n1Cc1ccc(-c2ccccc2-c2nn[nH]n2)cc1. The Kier molecular flexibility index (Phi) is 9.88. The van der Waals surface area contributed by atoms with Crippen molar-refractivity contribution in [2.75, 3.05) is 0 Å². The van der Waals surface area contributed by atoms with E-state index in [0.717, 1.165) is 52.6 Å². The van der Waals surface area contributed by atoms with E-state index in [9.17, 15) is 9.59 Å². The Morgan fingerprint density at radius 2 is 1.66 bits per heavy atom. The van der Waals surface area contributed by atoms with Gasteiger partial charge in [0, 0.05) is 18.4 Å². The summed E-state index contributed by atoms with van der Waals surface area (Å²) in [6.45, 7) is 2.60. The summed E-state index contributed by atoms with van der Waals surface area (Å²) in [5.41, 5.74) is 3.58. The van der Waals surface area contributed by atoms with Gasteiger partial charge in [0.25, 0.3) is 5.91 Å². The van der Waals surface area contributed by atoms with Crippen LogP contribution in [-0.2, 0) is 13.0 Å². The van der Waals surface area contributed by atoms with Gasteiger partial charge in [0.15, 0.2) is 0 Å². The van der Waals surface area contributed by atoms with Crippen molar-refractivity contribution in [2.24, 2.45) is 5.92 Å². The van der Waals surface area contributed by atoms with E-state index < -0.39 is 0 Å². The van der Waals surface area contributed by atoms with Gasteiger partial charge in [0.05, 0.1) is 6.54 Å². The summed E-state index contributed by atoms with van der Waals surface area (Å²) in [6.07, 6.45) is 13.8. The number of carbonyl (C=O) groups is 1. The normalized spacial score (nSPS) is 14.0. The third-order valence-corrected chi connectivity index (χ3v) is 8.24. The second-order valence-corrected chi connectivity index (χ2v) is 11.3. The number of carbonyl (C=O) groups excluding carboxylic acids is 1. The Hall–Kier alpha value is -3.88. The summed E-state index contributed by atoms with van der Waals surface area (Å²) in [6, 6.07) is 16.1. The van der Waals surface area contributed by atoms with Crippen LogP contribution < -0.4 is 5.69 Å². The van der Waals surface area contributed by atoms with E-state index in [2.05, 4.69) is 32.6 Å². The maximum Gasteiger partial charge on any atom is 0.353 e. The number of tetrazole rings is 1. The zero-order valence-electron chi connectivity index (χ0n) is 24.1. The quantitative estimate of drug-likeness (QED) is 0.190. The van der Waals surface area contributed by atoms with E-state index >= 15 is 0 Å². The molecule has 9 heteroatoms. The van der Waals surface area contributed by atoms with E-state index in [1.807, 2.05) is 48.5 Å². The van der Waals surface area contributed by atoms with Crippen LogP contribution in [0.2, 0.25) is 0 Å². The highest BCUT2D eigenvalue weighted by molar-refractivity contribution is 5.80. The molecule has 0 bridgehead atoms. The first-order valence-corrected chi connectivity index (χ1v) is 15.3. The number of rotatable bonds is 13. The summed E-state index contributed by atoms with van der Waals surface area (Å²) < 4.78 is 2.85. The lowest BCUT2D eigenvalue weighted by atomic mass is 9.87. The average Bonchev–Trinajstić information content (AvgIpc) is 3.65. The van der Waals surface area contributed by atoms with Crippen LogP contribution in [0, 0.1) is 5.92 Å². The topological polar surface area (TPSA) is 111 Å². The molecule has 1 fully saturated rings. The van der Waals surface area contributed by atoms with Gasteiger partial charge in [-0.15, -0.1) is 20.0 Å². The molecule has 0 unspecified atom stereocenters. The number of aromatic amines is 1. The van der Waals surface area contributed by atoms with Gasteiger partial charge in [0.1, 0.15) is 5.82 Å². The van der Waals surface area contributed by atoms with Crippen LogP contribution in [0.5, 0.6) is 0 Å². The van der Waals surface area contributed by atoms with Crippen LogP contribution in [0.1, 0.15) is 100 Å². The van der Waals surface area contributed by atoms with Crippen molar-refractivity contribution in [3.05, 3.63) is 70.4 Å². The van der Waals surface area contributed by atoms with Crippen molar-refractivity contribution in [1.82, 2.24) is 35.0 Å². The molecular formula is C32H41N7O2. The van der Waals surface area contributed by atoms with Crippen molar-refractivity contribution < 1.29 is 4.79 Å². The molecule has 5 rings (SSSR count). The molecule has 9 nitrogen and oxygen atoms in total. The fourth-order valence-corrected chi connectivity index (χ4v) is 5.91. The maximum atomic E-state index is 13.5. The number of nitrogens with one attached hydrogen (secondary N) is 1. The number of aryl methyl sites for hydroxylation is 1. The molecule has 4 aromatic rings. The van der Waals surface area contributed by atoms with E-state index in [0.29, 0.717) is 37.0 Å². The third-order valence-electron chi connectivity index (χ3n) is 8.24. The van der Waals surface area contributed by atoms with Gasteiger partial charge >= 0.3 is 5.69 Å². The molecule has 0 spiro atoms. The molecule has 0 aliphatic heterocycles. The first-order chi connectivity index (χ1) is 20.1. The van der Waals surface area contributed by atoms with Gasteiger partial charge < -0.3 is 0 Å². The highest BCUT2D eigenvalue weighted by Crippen LogP contribution is 2.30. The molecule has 1 aliphatic carbocycles. The summed E-state index contributed by atoms with van der Waals surface area (Å²) >= 11 is 0. The summed E-state index contributed by atoms with van der Waals surface area (Å²) in [4.78, 5) is 26.7. The van der Waals surface area contributed by atoms with Gasteiger partial charge in [0.2, 0.25) is 5.82 Å². The molecule has 1 N–H and O–H groups in total. The fourth-order valence-electron chi connectivity index (χ4n) is 5.91. The van der Waals surface area contributed by atoms with Crippen LogP contribution >= 0.6 is 0 Å². The number of nitrogens with zero attached hydrogens (tertiary/aromatic N) is 6.